The summed E-state index contributed by atoms with van der Waals surface area (Å²) in [6.07, 6.45) is 5.90. The summed E-state index contributed by atoms with van der Waals surface area (Å²) in [6, 6.07) is 13.9. The van der Waals surface area contributed by atoms with Crippen molar-refractivity contribution in [3.63, 3.8) is 0 Å². The van der Waals surface area contributed by atoms with Crippen LogP contribution in [0.2, 0.25) is 0 Å². The predicted molar refractivity (Wildman–Crippen MR) is 128 cm³/mol. The molecule has 3 aromatic rings. The number of rotatable bonds is 4. The minimum absolute atomic E-state index is 0.0412. The number of benzene rings is 1. The summed E-state index contributed by atoms with van der Waals surface area (Å²) in [5.41, 5.74) is 6.30. The highest BCUT2D eigenvalue weighted by Gasteiger charge is 2.24. The van der Waals surface area contributed by atoms with Gasteiger partial charge in [-0.2, -0.15) is 10.5 Å². The number of thiophene rings is 1. The highest BCUT2D eigenvalue weighted by molar-refractivity contribution is 7.15. The van der Waals surface area contributed by atoms with Crippen molar-refractivity contribution in [3.05, 3.63) is 74.4 Å². The first-order chi connectivity index (χ1) is 15.4. The molecule has 2 aromatic heterocycles. The summed E-state index contributed by atoms with van der Waals surface area (Å²) in [4.78, 5) is 14.1. The van der Waals surface area contributed by atoms with Crippen molar-refractivity contribution in [1.29, 1.82) is 10.5 Å². The Labute approximate surface area is 192 Å². The summed E-state index contributed by atoms with van der Waals surface area (Å²) in [5, 5.41) is 23.3. The second-order valence-corrected chi connectivity index (χ2v) is 9.19. The molecule has 1 N–H and O–H groups in total. The summed E-state index contributed by atoms with van der Waals surface area (Å²) >= 11 is 1.69. The fourth-order valence-electron chi connectivity index (χ4n) is 4.28. The summed E-state index contributed by atoms with van der Waals surface area (Å²) in [6.45, 7) is 5.86. The Morgan fingerprint density at radius 3 is 2.62 bits per heavy atom. The molecule has 4 rings (SSSR count). The van der Waals surface area contributed by atoms with Gasteiger partial charge in [-0.05, 0) is 81.4 Å². The molecule has 32 heavy (non-hydrogen) atoms. The van der Waals surface area contributed by atoms with Crippen molar-refractivity contribution in [3.8, 4) is 17.1 Å². The van der Waals surface area contributed by atoms with E-state index in [1.54, 1.807) is 17.4 Å². The standard InChI is InChI=1S/C26H24N4OS/c1-16-8-4-6-10-23(16)29-25(31)20(14-27)13-19-12-17(2)30(18(19)3)26-22(15-28)21-9-5-7-11-24(21)32-26/h4,6,8,10,12-13H,5,7,9,11H2,1-3H3,(H,29,31). The number of nitrogens with one attached hydrogen (secondary N) is 1. The third-order valence-corrected chi connectivity index (χ3v) is 7.27. The molecule has 6 heteroatoms. The number of amides is 1. The van der Waals surface area contributed by atoms with Gasteiger partial charge in [0.05, 0.1) is 5.56 Å². The first-order valence-corrected chi connectivity index (χ1v) is 11.5. The van der Waals surface area contributed by atoms with Gasteiger partial charge in [-0.3, -0.25) is 4.79 Å². The minimum atomic E-state index is -0.434. The zero-order valence-electron chi connectivity index (χ0n) is 18.5. The number of aryl methyl sites for hydroxylation is 3. The summed E-state index contributed by atoms with van der Waals surface area (Å²) in [5.74, 6) is -0.434. The lowest BCUT2D eigenvalue weighted by Crippen LogP contribution is -2.14. The van der Waals surface area contributed by atoms with Crippen molar-refractivity contribution >= 4 is 29.0 Å². The maximum absolute atomic E-state index is 12.8. The van der Waals surface area contributed by atoms with Gasteiger partial charge >= 0.3 is 0 Å². The zero-order chi connectivity index (χ0) is 22.8. The Hall–Kier alpha value is -3.61. The highest BCUT2D eigenvalue weighted by Crippen LogP contribution is 2.38. The van der Waals surface area contributed by atoms with E-state index in [1.165, 1.54) is 10.4 Å². The minimum Gasteiger partial charge on any atom is -0.321 e. The lowest BCUT2D eigenvalue weighted by atomic mass is 9.96. The normalized spacial score (nSPS) is 13.2. The Morgan fingerprint density at radius 1 is 1.16 bits per heavy atom. The first-order valence-electron chi connectivity index (χ1n) is 10.7. The van der Waals surface area contributed by atoms with E-state index in [4.69, 9.17) is 0 Å². The van der Waals surface area contributed by atoms with Crippen molar-refractivity contribution < 1.29 is 4.79 Å². The topological polar surface area (TPSA) is 81.6 Å². The molecule has 0 aliphatic heterocycles. The number of carbonyl (C=O) groups excluding carboxylic acids is 1. The van der Waals surface area contributed by atoms with Crippen LogP contribution in [0.5, 0.6) is 0 Å². The molecule has 2 heterocycles. The number of carbonyl (C=O) groups is 1. The number of anilines is 1. The van der Waals surface area contributed by atoms with E-state index in [-0.39, 0.29) is 5.57 Å². The first kappa shape index (κ1) is 21.6. The number of hydrogen-bond donors (Lipinski definition) is 1. The maximum Gasteiger partial charge on any atom is 0.266 e. The van der Waals surface area contributed by atoms with Gasteiger partial charge < -0.3 is 9.88 Å². The summed E-state index contributed by atoms with van der Waals surface area (Å²) in [7, 11) is 0. The number of fused-ring (bicyclic) bond motifs is 1. The maximum atomic E-state index is 12.8. The Kier molecular flexibility index (Phi) is 5.99. The van der Waals surface area contributed by atoms with Gasteiger partial charge in [0.25, 0.3) is 5.91 Å². The van der Waals surface area contributed by atoms with Gasteiger partial charge in [-0.15, -0.1) is 11.3 Å². The van der Waals surface area contributed by atoms with Crippen LogP contribution in [0, 0.1) is 43.4 Å². The van der Waals surface area contributed by atoms with Crippen molar-refractivity contribution in [2.24, 2.45) is 0 Å². The monoisotopic (exact) mass is 440 g/mol. The van der Waals surface area contributed by atoms with Crippen LogP contribution < -0.4 is 5.32 Å². The highest BCUT2D eigenvalue weighted by atomic mass is 32.1. The van der Waals surface area contributed by atoms with Crippen LogP contribution in [-0.2, 0) is 17.6 Å². The third-order valence-electron chi connectivity index (χ3n) is 6.00. The third kappa shape index (κ3) is 3.86. The van der Waals surface area contributed by atoms with E-state index < -0.39 is 5.91 Å². The molecule has 0 radical (unpaired) electrons. The van der Waals surface area contributed by atoms with E-state index >= 15 is 0 Å². The number of nitrogens with zero attached hydrogens (tertiary/aromatic N) is 3. The van der Waals surface area contributed by atoms with Gasteiger partial charge in [-0.1, -0.05) is 18.2 Å². The van der Waals surface area contributed by atoms with Crippen LogP contribution >= 0.6 is 11.3 Å². The van der Waals surface area contributed by atoms with Gasteiger partial charge in [0.15, 0.2) is 0 Å². The Bertz CT molecular complexity index is 1330. The van der Waals surface area contributed by atoms with Gasteiger partial charge in [0.2, 0.25) is 0 Å². The molecule has 0 saturated heterocycles. The molecule has 0 bridgehead atoms. The van der Waals surface area contributed by atoms with Gasteiger partial charge in [0, 0.05) is 22.0 Å². The quantitative estimate of drug-likeness (QED) is 0.414. The molecule has 1 amide bonds. The average molecular weight is 441 g/mol. The molecule has 0 saturated carbocycles. The van der Waals surface area contributed by atoms with E-state index in [0.29, 0.717) is 5.69 Å². The molecule has 0 unspecified atom stereocenters. The lowest BCUT2D eigenvalue weighted by Gasteiger charge is -2.10. The molecular weight excluding hydrogens is 416 g/mol. The molecule has 0 spiro atoms. The van der Waals surface area contributed by atoms with Crippen molar-refractivity contribution in [2.45, 2.75) is 46.5 Å². The molecule has 0 atom stereocenters. The number of aromatic nitrogens is 1. The molecule has 1 aliphatic carbocycles. The van der Waals surface area contributed by atoms with E-state index in [0.717, 1.165) is 58.8 Å². The molecule has 160 valence electrons. The average Bonchev–Trinajstić information content (AvgIpc) is 3.28. The van der Waals surface area contributed by atoms with E-state index in [2.05, 4.69) is 16.0 Å². The Morgan fingerprint density at radius 2 is 1.91 bits per heavy atom. The second-order valence-electron chi connectivity index (χ2n) is 8.10. The number of nitriles is 2. The van der Waals surface area contributed by atoms with Crippen molar-refractivity contribution in [1.82, 2.24) is 4.57 Å². The number of hydrogen-bond acceptors (Lipinski definition) is 4. The summed E-state index contributed by atoms with van der Waals surface area (Å²) < 4.78 is 2.08. The molecule has 5 nitrogen and oxygen atoms in total. The SMILES string of the molecule is Cc1ccccc1NC(=O)C(C#N)=Cc1cc(C)n(-c2sc3c(c2C#N)CCCC3)c1C. The second kappa shape index (κ2) is 8.86. The lowest BCUT2D eigenvalue weighted by molar-refractivity contribution is -0.112. The number of para-hydroxylation sites is 1. The molecule has 0 fully saturated rings. The van der Waals surface area contributed by atoms with Gasteiger partial charge in [-0.25, -0.2) is 0 Å². The van der Waals surface area contributed by atoms with Crippen LogP contribution in [-0.4, -0.2) is 10.5 Å². The van der Waals surface area contributed by atoms with Crippen LogP contribution in [0.1, 0.15) is 51.4 Å². The largest absolute Gasteiger partial charge is 0.321 e. The van der Waals surface area contributed by atoms with Crippen LogP contribution in [0.25, 0.3) is 11.1 Å². The Balaban J connectivity index is 1.72. The van der Waals surface area contributed by atoms with Gasteiger partial charge in [0.1, 0.15) is 22.7 Å². The molecule has 1 aromatic carbocycles. The molecular formula is C26H24N4OS. The fraction of sp³-hybridized carbons (Fsp3) is 0.269. The predicted octanol–water partition coefficient (Wildman–Crippen LogP) is 5.76. The van der Waals surface area contributed by atoms with Crippen LogP contribution in [0.3, 0.4) is 0 Å². The zero-order valence-corrected chi connectivity index (χ0v) is 19.3. The van der Waals surface area contributed by atoms with E-state index in [1.807, 2.05) is 57.2 Å². The van der Waals surface area contributed by atoms with Crippen LogP contribution in [0.4, 0.5) is 5.69 Å². The smallest absolute Gasteiger partial charge is 0.266 e. The molecule has 1 aliphatic rings. The van der Waals surface area contributed by atoms with Crippen molar-refractivity contribution in [2.75, 3.05) is 5.32 Å². The van der Waals surface area contributed by atoms with Crippen LogP contribution in [0.15, 0.2) is 35.9 Å². The fourth-order valence-corrected chi connectivity index (χ4v) is 5.73. The van der Waals surface area contributed by atoms with E-state index in [9.17, 15) is 15.3 Å².